The fraction of sp³-hybridized carbons (Fsp3) is 0.273. The number of aryl methyl sites for hydroxylation is 1. The van der Waals surface area contributed by atoms with Gasteiger partial charge in [-0.1, -0.05) is 30.3 Å². The molecule has 2 N–H and O–H groups in total. The van der Waals surface area contributed by atoms with Gasteiger partial charge in [0.1, 0.15) is 6.42 Å². The largest absolute Gasteiger partial charge is 0.452 e. The molecule has 0 aliphatic rings. The molecule has 0 saturated heterocycles. The maximum Gasteiger partial charge on any atom is 0.338 e. The van der Waals surface area contributed by atoms with Crippen LogP contribution in [0.3, 0.4) is 0 Å². The Morgan fingerprint density at radius 3 is 2.38 bits per heavy atom. The van der Waals surface area contributed by atoms with Crippen molar-refractivity contribution < 1.29 is 19.1 Å². The molecule has 0 bridgehead atoms. The quantitative estimate of drug-likeness (QED) is 0.637. The number of benzene rings is 2. The molecular weight excluding hydrogens is 370 g/mol. The molecule has 0 radical (unpaired) electrons. The Balaban J connectivity index is 1.72. The summed E-state index contributed by atoms with van der Waals surface area (Å²) in [4.78, 5) is 35.4. The van der Waals surface area contributed by atoms with Crippen molar-refractivity contribution in [2.45, 2.75) is 32.2 Å². The molecule has 1 atom stereocenters. The molecule has 2 aromatic rings. The lowest BCUT2D eigenvalue weighted by atomic mass is 10.1. The predicted molar refractivity (Wildman–Crippen MR) is 108 cm³/mol. The van der Waals surface area contributed by atoms with E-state index in [1.54, 1.807) is 6.07 Å². The van der Waals surface area contributed by atoms with Gasteiger partial charge in [-0.2, -0.15) is 5.26 Å². The van der Waals surface area contributed by atoms with Crippen LogP contribution in [-0.4, -0.2) is 30.4 Å². The lowest BCUT2D eigenvalue weighted by molar-refractivity contribution is -0.124. The number of hydrogen-bond donors (Lipinski definition) is 2. The van der Waals surface area contributed by atoms with E-state index < -0.39 is 11.9 Å². The highest BCUT2D eigenvalue weighted by Crippen LogP contribution is 2.11. The number of ether oxygens (including phenoxy) is 1. The summed E-state index contributed by atoms with van der Waals surface area (Å²) in [5.41, 5.74) is 1.92. The molecular formula is C22H23N3O4. The second-order valence-electron chi connectivity index (χ2n) is 6.53. The zero-order valence-electron chi connectivity index (χ0n) is 16.2. The van der Waals surface area contributed by atoms with Gasteiger partial charge in [-0.05, 0) is 49.6 Å². The summed E-state index contributed by atoms with van der Waals surface area (Å²) in [5.74, 6) is -1.42. The predicted octanol–water partition coefficient (Wildman–Crippen LogP) is 2.83. The number of amides is 2. The highest BCUT2D eigenvalue weighted by atomic mass is 16.5. The third-order valence-corrected chi connectivity index (χ3v) is 4.09. The van der Waals surface area contributed by atoms with E-state index in [0.29, 0.717) is 5.69 Å². The number of carbonyl (C=O) groups excluding carboxylic acids is 3. The lowest BCUT2D eigenvalue weighted by Crippen LogP contribution is -2.36. The summed E-state index contributed by atoms with van der Waals surface area (Å²) in [6.45, 7) is 1.54. The van der Waals surface area contributed by atoms with Crippen LogP contribution in [0.25, 0.3) is 0 Å². The minimum absolute atomic E-state index is 0.0438. The summed E-state index contributed by atoms with van der Waals surface area (Å²) >= 11 is 0. The van der Waals surface area contributed by atoms with Gasteiger partial charge in [0.2, 0.25) is 5.91 Å². The maximum atomic E-state index is 12.0. The van der Waals surface area contributed by atoms with E-state index in [-0.39, 0.29) is 30.5 Å². The number of nitriles is 1. The Kier molecular flexibility index (Phi) is 8.39. The smallest absolute Gasteiger partial charge is 0.338 e. The van der Waals surface area contributed by atoms with Crippen LogP contribution in [-0.2, 0) is 20.7 Å². The zero-order valence-corrected chi connectivity index (χ0v) is 16.2. The molecule has 7 heteroatoms. The van der Waals surface area contributed by atoms with Gasteiger partial charge in [-0.15, -0.1) is 0 Å². The molecule has 0 aromatic heterocycles. The van der Waals surface area contributed by atoms with E-state index >= 15 is 0 Å². The van der Waals surface area contributed by atoms with Crippen molar-refractivity contribution >= 4 is 23.5 Å². The van der Waals surface area contributed by atoms with Crippen LogP contribution in [0.4, 0.5) is 5.69 Å². The van der Waals surface area contributed by atoms with Gasteiger partial charge in [0, 0.05) is 11.7 Å². The molecule has 2 aromatic carbocycles. The molecule has 150 valence electrons. The van der Waals surface area contributed by atoms with E-state index in [2.05, 4.69) is 10.6 Å². The fourth-order valence-electron chi connectivity index (χ4n) is 2.60. The van der Waals surface area contributed by atoms with Crippen LogP contribution >= 0.6 is 0 Å². The molecule has 0 heterocycles. The summed E-state index contributed by atoms with van der Waals surface area (Å²) in [6.07, 6.45) is 1.38. The van der Waals surface area contributed by atoms with E-state index in [1.807, 2.05) is 37.3 Å². The average molecular weight is 393 g/mol. The fourth-order valence-corrected chi connectivity index (χ4v) is 2.60. The standard InChI is InChI=1S/C22H23N3O4/c1-16(7-8-17-5-3-2-4-6-17)24-21(27)15-29-22(28)18-9-11-19(12-10-18)25-20(26)13-14-23/h2-6,9-12,16H,7-8,13,15H2,1H3,(H,24,27)(H,25,26)/t16-/m0/s1. The average Bonchev–Trinajstić information content (AvgIpc) is 2.72. The van der Waals surface area contributed by atoms with Crippen molar-refractivity contribution in [3.8, 4) is 6.07 Å². The molecule has 0 aliphatic carbocycles. The summed E-state index contributed by atoms with van der Waals surface area (Å²) in [7, 11) is 0. The first-order valence-electron chi connectivity index (χ1n) is 9.25. The van der Waals surface area contributed by atoms with Gasteiger partial charge in [0.05, 0.1) is 11.6 Å². The van der Waals surface area contributed by atoms with Crippen molar-refractivity contribution in [3.63, 3.8) is 0 Å². The van der Waals surface area contributed by atoms with Crippen molar-refractivity contribution in [1.29, 1.82) is 5.26 Å². The number of nitrogens with zero attached hydrogens (tertiary/aromatic N) is 1. The topological polar surface area (TPSA) is 108 Å². The number of esters is 1. The SMILES string of the molecule is C[C@@H](CCc1ccccc1)NC(=O)COC(=O)c1ccc(NC(=O)CC#N)cc1. The van der Waals surface area contributed by atoms with Crippen molar-refractivity contribution in [2.24, 2.45) is 0 Å². The molecule has 2 amide bonds. The van der Waals surface area contributed by atoms with Crippen molar-refractivity contribution in [2.75, 3.05) is 11.9 Å². The minimum Gasteiger partial charge on any atom is -0.452 e. The lowest BCUT2D eigenvalue weighted by Gasteiger charge is -2.14. The minimum atomic E-state index is -0.632. The summed E-state index contributed by atoms with van der Waals surface area (Å²) < 4.78 is 5.03. The Morgan fingerprint density at radius 2 is 1.72 bits per heavy atom. The first-order chi connectivity index (χ1) is 14.0. The zero-order chi connectivity index (χ0) is 21.1. The van der Waals surface area contributed by atoms with Gasteiger partial charge < -0.3 is 15.4 Å². The first-order valence-corrected chi connectivity index (χ1v) is 9.25. The van der Waals surface area contributed by atoms with Gasteiger partial charge >= 0.3 is 5.97 Å². The van der Waals surface area contributed by atoms with Crippen molar-refractivity contribution in [1.82, 2.24) is 5.32 Å². The Hall–Kier alpha value is -3.66. The molecule has 0 fully saturated rings. The number of anilines is 1. The van der Waals surface area contributed by atoms with Gasteiger partial charge in [0.15, 0.2) is 6.61 Å². The van der Waals surface area contributed by atoms with Gasteiger partial charge in [0.25, 0.3) is 5.91 Å². The second-order valence-corrected chi connectivity index (χ2v) is 6.53. The molecule has 29 heavy (non-hydrogen) atoms. The molecule has 7 nitrogen and oxygen atoms in total. The van der Waals surface area contributed by atoms with Crippen LogP contribution in [0, 0.1) is 11.3 Å². The normalized spacial score (nSPS) is 11.0. The number of carbonyl (C=O) groups is 3. The van der Waals surface area contributed by atoms with Crippen LogP contribution in [0.15, 0.2) is 54.6 Å². The highest BCUT2D eigenvalue weighted by molar-refractivity contribution is 5.94. The van der Waals surface area contributed by atoms with E-state index in [0.717, 1.165) is 12.8 Å². The third-order valence-electron chi connectivity index (χ3n) is 4.09. The Labute approximate surface area is 169 Å². The summed E-state index contributed by atoms with van der Waals surface area (Å²) in [5, 5.41) is 13.8. The van der Waals surface area contributed by atoms with Gasteiger partial charge in [-0.3, -0.25) is 9.59 Å². The Morgan fingerprint density at radius 1 is 1.03 bits per heavy atom. The highest BCUT2D eigenvalue weighted by Gasteiger charge is 2.12. The van der Waals surface area contributed by atoms with Crippen LogP contribution < -0.4 is 10.6 Å². The Bertz CT molecular complexity index is 873. The van der Waals surface area contributed by atoms with Gasteiger partial charge in [-0.25, -0.2) is 4.79 Å². The second kappa shape index (κ2) is 11.2. The molecule has 0 spiro atoms. The van der Waals surface area contributed by atoms with Crippen molar-refractivity contribution in [3.05, 3.63) is 65.7 Å². The number of hydrogen-bond acceptors (Lipinski definition) is 5. The van der Waals surface area contributed by atoms with Crippen LogP contribution in [0.5, 0.6) is 0 Å². The third kappa shape index (κ3) is 7.85. The molecule has 0 aliphatic heterocycles. The van der Waals surface area contributed by atoms with E-state index in [1.165, 1.54) is 29.8 Å². The van der Waals surface area contributed by atoms with Crippen LogP contribution in [0.1, 0.15) is 35.7 Å². The van der Waals surface area contributed by atoms with Crippen LogP contribution in [0.2, 0.25) is 0 Å². The number of nitrogens with one attached hydrogen (secondary N) is 2. The van der Waals surface area contributed by atoms with E-state index in [4.69, 9.17) is 10.00 Å². The summed E-state index contributed by atoms with van der Waals surface area (Å²) in [6, 6.07) is 17.7. The number of rotatable bonds is 9. The molecule has 2 rings (SSSR count). The monoisotopic (exact) mass is 393 g/mol. The molecule has 0 saturated carbocycles. The maximum absolute atomic E-state index is 12.0. The first kappa shape index (κ1) is 21.6. The van der Waals surface area contributed by atoms with E-state index in [9.17, 15) is 14.4 Å². The molecule has 0 unspecified atom stereocenters.